The van der Waals surface area contributed by atoms with Gasteiger partial charge in [-0.1, -0.05) is 35.5 Å². The highest BCUT2D eigenvalue weighted by Crippen LogP contribution is 2.32. The van der Waals surface area contributed by atoms with Crippen LogP contribution in [0.15, 0.2) is 35.4 Å². The largest absolute Gasteiger partial charge is 0.465 e. The van der Waals surface area contributed by atoms with Crippen molar-refractivity contribution in [3.8, 4) is 11.1 Å². The fourth-order valence-corrected chi connectivity index (χ4v) is 4.05. The molecule has 3 aromatic rings. The molecule has 0 N–H and O–H groups in total. The second-order valence-electron chi connectivity index (χ2n) is 6.30. The maximum absolute atomic E-state index is 12.2. The van der Waals surface area contributed by atoms with E-state index in [1.807, 2.05) is 44.2 Å². The third-order valence-electron chi connectivity index (χ3n) is 4.10. The van der Waals surface area contributed by atoms with Crippen LogP contribution in [0.3, 0.4) is 0 Å². The van der Waals surface area contributed by atoms with Gasteiger partial charge in [0.25, 0.3) is 0 Å². The Morgan fingerprint density at radius 2 is 1.93 bits per heavy atom. The quantitative estimate of drug-likeness (QED) is 0.258. The molecular formula is C20H20ClN3O3S. The molecule has 8 heteroatoms. The van der Waals surface area contributed by atoms with E-state index in [0.717, 1.165) is 34.3 Å². The van der Waals surface area contributed by atoms with Gasteiger partial charge in [0.1, 0.15) is 5.03 Å². The van der Waals surface area contributed by atoms with Crippen molar-refractivity contribution in [3.63, 3.8) is 0 Å². The van der Waals surface area contributed by atoms with Crippen LogP contribution in [-0.2, 0) is 14.3 Å². The minimum atomic E-state index is -0.951. The van der Waals surface area contributed by atoms with Crippen LogP contribution >= 0.6 is 23.4 Å². The number of ketones is 1. The molecule has 6 nitrogen and oxygen atoms in total. The van der Waals surface area contributed by atoms with Crippen molar-refractivity contribution in [2.24, 2.45) is 0 Å². The molecule has 2 heterocycles. The molecule has 0 radical (unpaired) electrons. The lowest BCUT2D eigenvalue weighted by Crippen LogP contribution is -2.27. The fraction of sp³-hybridized carbons (Fsp3) is 0.300. The third-order valence-corrected chi connectivity index (χ3v) is 5.65. The number of carbonyl (C=O) groups excluding carboxylic acids is 2. The average molecular weight is 418 g/mol. The van der Waals surface area contributed by atoms with Crippen molar-refractivity contribution < 1.29 is 14.3 Å². The summed E-state index contributed by atoms with van der Waals surface area (Å²) in [6.07, 6.45) is 0. The monoisotopic (exact) mass is 417 g/mol. The average Bonchev–Trinajstić information content (AvgIpc) is 2.96. The number of carbonyl (C=O) groups is 2. The van der Waals surface area contributed by atoms with Gasteiger partial charge in [-0.3, -0.25) is 9.59 Å². The summed E-state index contributed by atoms with van der Waals surface area (Å²) in [7, 11) is 0. The number of aryl methyl sites for hydroxylation is 2. The number of rotatable bonds is 6. The first-order valence-corrected chi connectivity index (χ1v) is 10.0. The van der Waals surface area contributed by atoms with E-state index in [1.54, 1.807) is 11.4 Å². The first-order valence-electron chi connectivity index (χ1n) is 8.78. The summed E-state index contributed by atoms with van der Waals surface area (Å²) < 4.78 is 6.72. The molecule has 28 heavy (non-hydrogen) atoms. The van der Waals surface area contributed by atoms with Crippen molar-refractivity contribution in [1.82, 2.24) is 14.6 Å². The number of Topliss-reactive ketones (excluding diaryl/α,β-unsaturated/α-hetero) is 1. The van der Waals surface area contributed by atoms with E-state index in [2.05, 4.69) is 10.1 Å². The molecule has 0 aliphatic carbocycles. The molecule has 0 saturated heterocycles. The fourth-order valence-electron chi connectivity index (χ4n) is 2.89. The van der Waals surface area contributed by atoms with Gasteiger partial charge >= 0.3 is 5.97 Å². The Morgan fingerprint density at radius 3 is 2.54 bits per heavy atom. The van der Waals surface area contributed by atoms with Crippen LogP contribution in [0.1, 0.15) is 25.2 Å². The van der Waals surface area contributed by atoms with Crippen molar-refractivity contribution in [3.05, 3.63) is 46.7 Å². The van der Waals surface area contributed by atoms with E-state index in [4.69, 9.17) is 16.3 Å². The number of ether oxygens (including phenoxy) is 1. The molecule has 0 amide bonds. The third kappa shape index (κ3) is 4.05. The number of fused-ring (bicyclic) bond motifs is 1. The van der Waals surface area contributed by atoms with Crippen LogP contribution in [0.2, 0.25) is 5.02 Å². The van der Waals surface area contributed by atoms with Gasteiger partial charge in [0.05, 0.1) is 12.3 Å². The maximum atomic E-state index is 12.2. The van der Waals surface area contributed by atoms with Crippen molar-refractivity contribution in [1.29, 1.82) is 0 Å². The Hall–Kier alpha value is -2.38. The predicted octanol–water partition coefficient (Wildman–Crippen LogP) is 4.28. The van der Waals surface area contributed by atoms with Crippen LogP contribution in [0, 0.1) is 13.8 Å². The van der Waals surface area contributed by atoms with E-state index in [-0.39, 0.29) is 12.4 Å². The van der Waals surface area contributed by atoms with Crippen molar-refractivity contribution in [2.45, 2.75) is 38.0 Å². The summed E-state index contributed by atoms with van der Waals surface area (Å²) in [5.41, 5.74) is 4.04. The van der Waals surface area contributed by atoms with Gasteiger partial charge in [-0.05, 0) is 51.5 Å². The second-order valence-corrected chi connectivity index (χ2v) is 7.86. The molecule has 2 aromatic heterocycles. The minimum absolute atomic E-state index is 0.218. The maximum Gasteiger partial charge on any atom is 0.327 e. The normalized spacial score (nSPS) is 12.2. The van der Waals surface area contributed by atoms with E-state index in [1.165, 1.54) is 6.92 Å². The van der Waals surface area contributed by atoms with Crippen LogP contribution in [0.5, 0.6) is 0 Å². The summed E-state index contributed by atoms with van der Waals surface area (Å²) >= 11 is 7.13. The number of nitrogens with zero attached hydrogens (tertiary/aromatic N) is 3. The van der Waals surface area contributed by atoms with E-state index < -0.39 is 11.2 Å². The van der Waals surface area contributed by atoms with Gasteiger partial charge in [-0.2, -0.15) is 5.10 Å². The van der Waals surface area contributed by atoms with Crippen LogP contribution in [0.25, 0.3) is 16.8 Å². The molecular weight excluding hydrogens is 398 g/mol. The topological polar surface area (TPSA) is 73.6 Å². The smallest absolute Gasteiger partial charge is 0.327 e. The van der Waals surface area contributed by atoms with E-state index >= 15 is 0 Å². The lowest BCUT2D eigenvalue weighted by atomic mass is 10.1. The molecule has 1 aromatic carbocycles. The van der Waals surface area contributed by atoms with Gasteiger partial charge in [0.2, 0.25) is 0 Å². The van der Waals surface area contributed by atoms with Crippen LogP contribution in [-0.4, -0.2) is 38.2 Å². The Balaban J connectivity index is 2.12. The number of aromatic nitrogens is 3. The number of hydrogen-bond donors (Lipinski definition) is 0. The van der Waals surface area contributed by atoms with E-state index in [0.29, 0.717) is 15.7 Å². The standard InChI is InChI=1S/C20H20ClN3O3S/c1-5-27-20(26)18(13(4)25)28-16-10-11(2)22-19-17(12(3)23-24(16)19)14-6-8-15(21)9-7-14/h6-10,18H,5H2,1-4H3/t18-/m0/s1. The SMILES string of the molecule is CCOC(=O)[C@@H](Sc1cc(C)nc2c(-c3ccc(Cl)cc3)c(C)nn12)C(C)=O. The van der Waals surface area contributed by atoms with Gasteiger partial charge in [0.15, 0.2) is 16.7 Å². The van der Waals surface area contributed by atoms with Gasteiger partial charge in [-0.15, -0.1) is 0 Å². The van der Waals surface area contributed by atoms with Crippen LogP contribution in [0.4, 0.5) is 0 Å². The van der Waals surface area contributed by atoms with Gasteiger partial charge < -0.3 is 4.74 Å². The first kappa shape index (κ1) is 20.4. The van der Waals surface area contributed by atoms with Gasteiger partial charge in [-0.25, -0.2) is 9.50 Å². The lowest BCUT2D eigenvalue weighted by molar-refractivity contribution is -0.144. The number of halogens is 1. The number of hydrogen-bond acceptors (Lipinski definition) is 6. The van der Waals surface area contributed by atoms with Crippen LogP contribution < -0.4 is 0 Å². The number of benzene rings is 1. The molecule has 146 valence electrons. The molecule has 0 spiro atoms. The van der Waals surface area contributed by atoms with Crippen molar-refractivity contribution >= 4 is 40.8 Å². The molecule has 0 aliphatic heterocycles. The Morgan fingerprint density at radius 1 is 1.25 bits per heavy atom. The molecule has 0 unspecified atom stereocenters. The summed E-state index contributed by atoms with van der Waals surface area (Å²) in [4.78, 5) is 28.9. The summed E-state index contributed by atoms with van der Waals surface area (Å²) in [5, 5.41) is 4.96. The highest BCUT2D eigenvalue weighted by atomic mass is 35.5. The highest BCUT2D eigenvalue weighted by molar-refractivity contribution is 8.01. The van der Waals surface area contributed by atoms with Gasteiger partial charge in [0, 0.05) is 16.3 Å². The van der Waals surface area contributed by atoms with Crippen molar-refractivity contribution in [2.75, 3.05) is 6.61 Å². The van der Waals surface area contributed by atoms with E-state index in [9.17, 15) is 9.59 Å². The number of thioether (sulfide) groups is 1. The molecule has 0 bridgehead atoms. The molecule has 0 aliphatic rings. The Kier molecular flexibility index (Phi) is 6.05. The number of esters is 1. The minimum Gasteiger partial charge on any atom is -0.465 e. The second kappa shape index (κ2) is 8.32. The zero-order valence-electron chi connectivity index (χ0n) is 16.0. The lowest BCUT2D eigenvalue weighted by Gasteiger charge is -2.13. The molecule has 0 fully saturated rings. The highest BCUT2D eigenvalue weighted by Gasteiger charge is 2.28. The summed E-state index contributed by atoms with van der Waals surface area (Å²) in [6.45, 7) is 7.08. The molecule has 0 saturated carbocycles. The Labute approximate surface area is 172 Å². The first-order chi connectivity index (χ1) is 13.3. The zero-order chi connectivity index (χ0) is 20.4. The summed E-state index contributed by atoms with van der Waals surface area (Å²) in [5.74, 6) is -0.822. The predicted molar refractivity (Wildman–Crippen MR) is 110 cm³/mol. The summed E-state index contributed by atoms with van der Waals surface area (Å²) in [6, 6.07) is 9.28. The molecule has 3 rings (SSSR count). The Bertz CT molecular complexity index is 1050. The zero-order valence-corrected chi connectivity index (χ0v) is 17.6. The molecule has 1 atom stereocenters.